The second-order valence-electron chi connectivity index (χ2n) is 4.40. The molecule has 0 aliphatic carbocycles. The van der Waals surface area contributed by atoms with Crippen LogP contribution in [0.3, 0.4) is 0 Å². The number of benzene rings is 2. The van der Waals surface area contributed by atoms with Crippen molar-refractivity contribution >= 4 is 11.6 Å². The molecule has 19 heavy (non-hydrogen) atoms. The summed E-state index contributed by atoms with van der Waals surface area (Å²) < 4.78 is 0. The van der Waals surface area contributed by atoms with E-state index in [0.717, 1.165) is 5.56 Å². The molecule has 0 aliphatic heterocycles. The maximum Gasteiger partial charge on any atom is 0.167 e. The van der Waals surface area contributed by atoms with Gasteiger partial charge in [-0.05, 0) is 42.8 Å². The maximum atomic E-state index is 12.0. The van der Waals surface area contributed by atoms with E-state index in [1.807, 2.05) is 6.07 Å². The maximum absolute atomic E-state index is 12.0. The number of ketones is 2. The van der Waals surface area contributed by atoms with Crippen LogP contribution in [-0.2, 0) is 6.42 Å². The minimum absolute atomic E-state index is 0.0149. The number of phenols is 1. The molecule has 0 heterocycles. The van der Waals surface area contributed by atoms with Gasteiger partial charge in [-0.3, -0.25) is 9.59 Å². The van der Waals surface area contributed by atoms with Gasteiger partial charge < -0.3 is 5.11 Å². The molecule has 96 valence electrons. The summed E-state index contributed by atoms with van der Waals surface area (Å²) in [5.74, 6) is 0.0785. The van der Waals surface area contributed by atoms with Crippen LogP contribution in [0.2, 0.25) is 0 Å². The van der Waals surface area contributed by atoms with Gasteiger partial charge in [-0.25, -0.2) is 0 Å². The first-order chi connectivity index (χ1) is 9.06. The average Bonchev–Trinajstić information content (AvgIpc) is 2.39. The van der Waals surface area contributed by atoms with Crippen LogP contribution in [0.25, 0.3) is 0 Å². The van der Waals surface area contributed by atoms with Crippen LogP contribution < -0.4 is 0 Å². The van der Waals surface area contributed by atoms with Crippen LogP contribution in [0.15, 0.2) is 48.5 Å². The first-order valence-corrected chi connectivity index (χ1v) is 5.98. The van der Waals surface area contributed by atoms with E-state index in [1.54, 1.807) is 30.3 Å². The Morgan fingerprint density at radius 3 is 2.32 bits per heavy atom. The van der Waals surface area contributed by atoms with Crippen LogP contribution >= 0.6 is 0 Å². The van der Waals surface area contributed by atoms with Gasteiger partial charge in [0, 0.05) is 17.5 Å². The molecule has 3 heteroatoms. The third-order valence-corrected chi connectivity index (χ3v) is 2.89. The van der Waals surface area contributed by atoms with Crippen LogP contribution in [0, 0.1) is 0 Å². The smallest absolute Gasteiger partial charge is 0.167 e. The van der Waals surface area contributed by atoms with E-state index in [9.17, 15) is 14.7 Å². The topological polar surface area (TPSA) is 54.4 Å². The summed E-state index contributed by atoms with van der Waals surface area (Å²) in [5, 5.41) is 9.18. The molecular weight excluding hydrogens is 240 g/mol. The fourth-order valence-electron chi connectivity index (χ4n) is 1.84. The van der Waals surface area contributed by atoms with Crippen molar-refractivity contribution in [2.24, 2.45) is 0 Å². The molecule has 2 rings (SSSR count). The van der Waals surface area contributed by atoms with Gasteiger partial charge in [0.1, 0.15) is 5.75 Å². The predicted molar refractivity (Wildman–Crippen MR) is 72.6 cm³/mol. The Hall–Kier alpha value is -2.42. The van der Waals surface area contributed by atoms with E-state index in [2.05, 4.69) is 0 Å². The van der Waals surface area contributed by atoms with Crippen molar-refractivity contribution < 1.29 is 14.7 Å². The summed E-state index contributed by atoms with van der Waals surface area (Å²) in [6.45, 7) is 1.50. The Kier molecular flexibility index (Phi) is 3.76. The summed E-state index contributed by atoms with van der Waals surface area (Å²) in [5.41, 5.74) is 1.97. The standard InChI is InChI=1S/C16H14O3/c1-11(17)14-4-2-3-12(9-14)10-16(19)13-5-7-15(18)8-6-13/h2-9,18H,10H2,1H3. The number of phenolic OH excluding ortho intramolecular Hbond substituents is 1. The van der Waals surface area contributed by atoms with Gasteiger partial charge in [-0.2, -0.15) is 0 Å². The number of carbonyl (C=O) groups excluding carboxylic acids is 2. The molecule has 0 aliphatic rings. The van der Waals surface area contributed by atoms with Gasteiger partial charge in [0.15, 0.2) is 11.6 Å². The summed E-state index contributed by atoms with van der Waals surface area (Å²) >= 11 is 0. The molecule has 1 N–H and O–H groups in total. The average molecular weight is 254 g/mol. The van der Waals surface area contributed by atoms with Gasteiger partial charge in [0.2, 0.25) is 0 Å². The van der Waals surface area contributed by atoms with Gasteiger partial charge in [-0.15, -0.1) is 0 Å². The predicted octanol–water partition coefficient (Wildman–Crippen LogP) is 3.02. The third-order valence-electron chi connectivity index (χ3n) is 2.89. The first-order valence-electron chi connectivity index (χ1n) is 5.98. The number of carbonyl (C=O) groups is 2. The number of aromatic hydroxyl groups is 1. The number of hydrogen-bond donors (Lipinski definition) is 1. The molecule has 2 aromatic rings. The second-order valence-corrected chi connectivity index (χ2v) is 4.40. The van der Waals surface area contributed by atoms with E-state index >= 15 is 0 Å². The Labute approximate surface area is 111 Å². The summed E-state index contributed by atoms with van der Waals surface area (Å²) in [7, 11) is 0. The Morgan fingerprint density at radius 1 is 1.00 bits per heavy atom. The summed E-state index contributed by atoms with van der Waals surface area (Å²) in [6.07, 6.45) is 0.242. The molecule has 3 nitrogen and oxygen atoms in total. The zero-order chi connectivity index (χ0) is 13.8. The molecule has 0 bridgehead atoms. The van der Waals surface area contributed by atoms with Crippen molar-refractivity contribution in [3.63, 3.8) is 0 Å². The van der Waals surface area contributed by atoms with Crippen LogP contribution in [-0.4, -0.2) is 16.7 Å². The van der Waals surface area contributed by atoms with Crippen molar-refractivity contribution in [3.05, 3.63) is 65.2 Å². The van der Waals surface area contributed by atoms with Crippen LogP contribution in [0.5, 0.6) is 5.75 Å². The lowest BCUT2D eigenvalue weighted by molar-refractivity contribution is 0.0987. The molecule has 0 spiro atoms. The number of Topliss-reactive ketones (excluding diaryl/α,β-unsaturated/α-hetero) is 2. The SMILES string of the molecule is CC(=O)c1cccc(CC(=O)c2ccc(O)cc2)c1. The van der Waals surface area contributed by atoms with E-state index < -0.39 is 0 Å². The van der Waals surface area contributed by atoms with Crippen molar-refractivity contribution in [1.82, 2.24) is 0 Å². The fraction of sp³-hybridized carbons (Fsp3) is 0.125. The quantitative estimate of drug-likeness (QED) is 0.853. The zero-order valence-corrected chi connectivity index (χ0v) is 10.6. The zero-order valence-electron chi connectivity index (χ0n) is 10.6. The molecule has 0 atom stereocenters. The van der Waals surface area contributed by atoms with Gasteiger partial charge in [0.05, 0.1) is 0 Å². The van der Waals surface area contributed by atoms with Gasteiger partial charge >= 0.3 is 0 Å². The Morgan fingerprint density at radius 2 is 1.68 bits per heavy atom. The molecule has 0 radical (unpaired) electrons. The van der Waals surface area contributed by atoms with Crippen molar-refractivity contribution in [1.29, 1.82) is 0 Å². The van der Waals surface area contributed by atoms with E-state index in [-0.39, 0.29) is 23.7 Å². The van der Waals surface area contributed by atoms with Crippen LogP contribution in [0.4, 0.5) is 0 Å². The molecule has 0 aromatic heterocycles. The Bertz CT molecular complexity index is 612. The van der Waals surface area contributed by atoms with E-state index in [0.29, 0.717) is 11.1 Å². The highest BCUT2D eigenvalue weighted by Gasteiger charge is 2.08. The minimum atomic E-state index is -0.0410. The highest BCUT2D eigenvalue weighted by atomic mass is 16.3. The lowest BCUT2D eigenvalue weighted by Crippen LogP contribution is -2.04. The highest BCUT2D eigenvalue weighted by molar-refractivity contribution is 5.98. The molecular formula is C16H14O3. The van der Waals surface area contributed by atoms with Crippen molar-refractivity contribution in [2.45, 2.75) is 13.3 Å². The number of hydrogen-bond acceptors (Lipinski definition) is 3. The van der Waals surface area contributed by atoms with Gasteiger partial charge in [0.25, 0.3) is 0 Å². The Balaban J connectivity index is 2.17. The lowest BCUT2D eigenvalue weighted by atomic mass is 10.0. The van der Waals surface area contributed by atoms with E-state index in [1.165, 1.54) is 19.1 Å². The highest BCUT2D eigenvalue weighted by Crippen LogP contribution is 2.13. The first kappa shape index (κ1) is 13.0. The molecule has 0 saturated heterocycles. The van der Waals surface area contributed by atoms with E-state index in [4.69, 9.17) is 0 Å². The summed E-state index contributed by atoms with van der Waals surface area (Å²) in [6, 6.07) is 13.2. The monoisotopic (exact) mass is 254 g/mol. The number of rotatable bonds is 4. The van der Waals surface area contributed by atoms with Crippen molar-refractivity contribution in [2.75, 3.05) is 0 Å². The minimum Gasteiger partial charge on any atom is -0.508 e. The second kappa shape index (κ2) is 5.48. The molecule has 0 amide bonds. The van der Waals surface area contributed by atoms with Crippen molar-refractivity contribution in [3.8, 4) is 5.75 Å². The third kappa shape index (κ3) is 3.28. The summed E-state index contributed by atoms with van der Waals surface area (Å²) in [4.78, 5) is 23.3. The van der Waals surface area contributed by atoms with Crippen LogP contribution in [0.1, 0.15) is 33.2 Å². The molecule has 2 aromatic carbocycles. The normalized spacial score (nSPS) is 10.2. The van der Waals surface area contributed by atoms with Gasteiger partial charge in [-0.1, -0.05) is 18.2 Å². The molecule has 0 unspecified atom stereocenters. The lowest BCUT2D eigenvalue weighted by Gasteiger charge is -2.03. The largest absolute Gasteiger partial charge is 0.508 e. The molecule has 0 saturated carbocycles. The fourth-order valence-corrected chi connectivity index (χ4v) is 1.84. The molecule has 0 fully saturated rings.